The number of nitrogens with one attached hydrogen (secondary N) is 2. The summed E-state index contributed by atoms with van der Waals surface area (Å²) >= 11 is 0. The van der Waals surface area contributed by atoms with Crippen molar-refractivity contribution in [1.29, 1.82) is 0 Å². The molecule has 1 atom stereocenters. The lowest BCUT2D eigenvalue weighted by molar-refractivity contribution is -0.137. The summed E-state index contributed by atoms with van der Waals surface area (Å²) in [5, 5.41) is 11.6. The summed E-state index contributed by atoms with van der Waals surface area (Å²) < 4.78 is 25.2. The lowest BCUT2D eigenvalue weighted by Gasteiger charge is -2.13. The van der Waals surface area contributed by atoms with Crippen LogP contribution in [0.5, 0.6) is 0 Å². The van der Waals surface area contributed by atoms with E-state index in [0.29, 0.717) is 5.69 Å². The van der Waals surface area contributed by atoms with Crippen molar-refractivity contribution < 1.29 is 18.3 Å². The third-order valence-electron chi connectivity index (χ3n) is 2.33. The van der Waals surface area contributed by atoms with Crippen molar-refractivity contribution in [1.82, 2.24) is 4.72 Å². The Morgan fingerprint density at radius 1 is 1.33 bits per heavy atom. The van der Waals surface area contributed by atoms with Gasteiger partial charge in [-0.05, 0) is 38.2 Å². The van der Waals surface area contributed by atoms with Gasteiger partial charge in [0.15, 0.2) is 0 Å². The van der Waals surface area contributed by atoms with Crippen LogP contribution in [0.1, 0.15) is 13.3 Å². The topological polar surface area (TPSA) is 95.5 Å². The van der Waals surface area contributed by atoms with Gasteiger partial charge in [0.05, 0.1) is 11.3 Å². The van der Waals surface area contributed by atoms with Gasteiger partial charge in [-0.1, -0.05) is 0 Å². The summed E-state index contributed by atoms with van der Waals surface area (Å²) in [6.07, 6.45) is -0.00341. The highest BCUT2D eigenvalue weighted by Gasteiger charge is 2.11. The summed E-state index contributed by atoms with van der Waals surface area (Å²) in [6.45, 7) is 1.74. The largest absolute Gasteiger partial charge is 0.481 e. The zero-order valence-corrected chi connectivity index (χ0v) is 11.0. The second-order valence-electron chi connectivity index (χ2n) is 3.88. The predicted octanol–water partition coefficient (Wildman–Crippen LogP) is 0.870. The highest BCUT2D eigenvalue weighted by molar-refractivity contribution is 7.89. The first kappa shape index (κ1) is 14.5. The van der Waals surface area contributed by atoms with Crippen molar-refractivity contribution in [2.75, 3.05) is 12.4 Å². The number of anilines is 1. The zero-order valence-electron chi connectivity index (χ0n) is 10.2. The Kier molecular flexibility index (Phi) is 4.69. The molecule has 0 heterocycles. The first-order chi connectivity index (χ1) is 8.35. The van der Waals surface area contributed by atoms with Crippen LogP contribution in [0.3, 0.4) is 0 Å². The molecular formula is C11H16N2O4S. The molecule has 0 bridgehead atoms. The Bertz CT molecular complexity index is 510. The fourth-order valence-electron chi connectivity index (χ4n) is 1.45. The second kappa shape index (κ2) is 5.83. The maximum Gasteiger partial charge on any atom is 0.305 e. The van der Waals surface area contributed by atoms with Gasteiger partial charge in [0.2, 0.25) is 10.0 Å². The lowest BCUT2D eigenvalue weighted by atomic mass is 10.2. The SMILES string of the molecule is CNS(=O)(=O)c1ccc(NC(C)CC(=O)O)cc1. The molecule has 6 nitrogen and oxygen atoms in total. The van der Waals surface area contributed by atoms with Gasteiger partial charge in [0.25, 0.3) is 0 Å². The Morgan fingerprint density at radius 3 is 2.33 bits per heavy atom. The maximum atomic E-state index is 11.5. The second-order valence-corrected chi connectivity index (χ2v) is 5.76. The van der Waals surface area contributed by atoms with Crippen LogP contribution in [-0.4, -0.2) is 32.6 Å². The molecule has 0 fully saturated rings. The van der Waals surface area contributed by atoms with Crippen LogP contribution in [0.15, 0.2) is 29.2 Å². The molecule has 0 saturated carbocycles. The summed E-state index contributed by atoms with van der Waals surface area (Å²) in [7, 11) is -2.09. The van der Waals surface area contributed by atoms with Gasteiger partial charge in [-0.25, -0.2) is 13.1 Å². The van der Waals surface area contributed by atoms with Crippen molar-refractivity contribution in [2.24, 2.45) is 0 Å². The highest BCUT2D eigenvalue weighted by atomic mass is 32.2. The molecule has 1 rings (SSSR count). The minimum absolute atomic E-state index is 0.00341. The van der Waals surface area contributed by atoms with Gasteiger partial charge >= 0.3 is 5.97 Å². The third kappa shape index (κ3) is 4.01. The smallest absolute Gasteiger partial charge is 0.305 e. The van der Waals surface area contributed by atoms with Crippen LogP contribution < -0.4 is 10.0 Å². The Morgan fingerprint density at radius 2 is 1.89 bits per heavy atom. The van der Waals surface area contributed by atoms with E-state index < -0.39 is 16.0 Å². The molecule has 0 aliphatic carbocycles. The van der Waals surface area contributed by atoms with Crippen LogP contribution in [0.4, 0.5) is 5.69 Å². The van der Waals surface area contributed by atoms with Crippen LogP contribution in [-0.2, 0) is 14.8 Å². The van der Waals surface area contributed by atoms with E-state index in [2.05, 4.69) is 10.0 Å². The number of carbonyl (C=O) groups is 1. The number of carboxylic acids is 1. The lowest BCUT2D eigenvalue weighted by Crippen LogP contribution is -2.20. The van der Waals surface area contributed by atoms with Crippen LogP contribution in [0.25, 0.3) is 0 Å². The van der Waals surface area contributed by atoms with E-state index >= 15 is 0 Å². The molecule has 0 aliphatic heterocycles. The van der Waals surface area contributed by atoms with Crippen LogP contribution in [0.2, 0.25) is 0 Å². The van der Waals surface area contributed by atoms with Crippen LogP contribution in [0, 0.1) is 0 Å². The number of hydrogen-bond acceptors (Lipinski definition) is 4. The van der Waals surface area contributed by atoms with Crippen molar-refractivity contribution in [2.45, 2.75) is 24.3 Å². The molecule has 100 valence electrons. The standard InChI is InChI=1S/C11H16N2O4S/c1-8(7-11(14)15)13-9-3-5-10(6-4-9)18(16,17)12-2/h3-6,8,12-13H,7H2,1-2H3,(H,14,15). The molecule has 0 radical (unpaired) electrons. The molecule has 1 aromatic rings. The van der Waals surface area contributed by atoms with E-state index in [4.69, 9.17) is 5.11 Å². The molecule has 0 spiro atoms. The fraction of sp³-hybridized carbons (Fsp3) is 0.364. The van der Waals surface area contributed by atoms with E-state index in [0.717, 1.165) is 0 Å². The van der Waals surface area contributed by atoms with Crippen molar-refractivity contribution in [3.63, 3.8) is 0 Å². The molecule has 0 saturated heterocycles. The van der Waals surface area contributed by atoms with E-state index in [1.807, 2.05) is 0 Å². The van der Waals surface area contributed by atoms with Crippen LogP contribution >= 0.6 is 0 Å². The average Bonchev–Trinajstić information content (AvgIpc) is 2.28. The van der Waals surface area contributed by atoms with Crippen molar-refractivity contribution in [3.8, 4) is 0 Å². The molecule has 0 aromatic heterocycles. The summed E-state index contributed by atoms with van der Waals surface area (Å²) in [5.41, 5.74) is 0.679. The van der Waals surface area contributed by atoms with E-state index in [9.17, 15) is 13.2 Å². The molecule has 3 N–H and O–H groups in total. The number of benzene rings is 1. The monoisotopic (exact) mass is 272 g/mol. The average molecular weight is 272 g/mol. The Balaban J connectivity index is 2.75. The molecule has 1 aromatic carbocycles. The number of sulfonamides is 1. The summed E-state index contributed by atoms with van der Waals surface area (Å²) in [4.78, 5) is 10.7. The van der Waals surface area contributed by atoms with E-state index in [1.54, 1.807) is 19.1 Å². The normalized spacial score (nSPS) is 13.0. The fourth-order valence-corrected chi connectivity index (χ4v) is 2.18. The Labute approximate surface area is 106 Å². The van der Waals surface area contributed by atoms with Crippen molar-refractivity contribution in [3.05, 3.63) is 24.3 Å². The minimum atomic E-state index is -3.43. The number of carboxylic acid groups (broad SMARTS) is 1. The number of hydrogen-bond donors (Lipinski definition) is 3. The highest BCUT2D eigenvalue weighted by Crippen LogP contribution is 2.15. The predicted molar refractivity (Wildman–Crippen MR) is 68.0 cm³/mol. The van der Waals surface area contributed by atoms with Gasteiger partial charge < -0.3 is 10.4 Å². The molecule has 0 aliphatic rings. The molecule has 0 amide bonds. The molecule has 7 heteroatoms. The van der Waals surface area contributed by atoms with Crippen molar-refractivity contribution >= 4 is 21.7 Å². The maximum absolute atomic E-state index is 11.5. The first-order valence-corrected chi connectivity index (χ1v) is 6.85. The first-order valence-electron chi connectivity index (χ1n) is 5.37. The third-order valence-corrected chi connectivity index (χ3v) is 3.76. The Hall–Kier alpha value is -1.60. The summed E-state index contributed by atoms with van der Waals surface area (Å²) in [5.74, 6) is -0.885. The molecule has 18 heavy (non-hydrogen) atoms. The summed E-state index contributed by atoms with van der Waals surface area (Å²) in [6, 6.07) is 5.89. The van der Waals surface area contributed by atoms with Gasteiger partial charge in [0, 0.05) is 11.7 Å². The molecule has 1 unspecified atom stereocenters. The van der Waals surface area contributed by atoms with Gasteiger partial charge in [-0.3, -0.25) is 4.79 Å². The van der Waals surface area contributed by atoms with E-state index in [1.165, 1.54) is 19.2 Å². The molecular weight excluding hydrogens is 256 g/mol. The minimum Gasteiger partial charge on any atom is -0.481 e. The van der Waals surface area contributed by atoms with Gasteiger partial charge in [0.1, 0.15) is 0 Å². The number of aliphatic carboxylic acids is 1. The number of rotatable bonds is 6. The van der Waals surface area contributed by atoms with Gasteiger partial charge in [-0.15, -0.1) is 0 Å². The zero-order chi connectivity index (χ0) is 13.8. The van der Waals surface area contributed by atoms with E-state index in [-0.39, 0.29) is 17.4 Å². The van der Waals surface area contributed by atoms with Gasteiger partial charge in [-0.2, -0.15) is 0 Å². The quantitative estimate of drug-likeness (QED) is 0.714.